The van der Waals surface area contributed by atoms with Crippen LogP contribution in [0.15, 0.2) is 42.5 Å². The van der Waals surface area contributed by atoms with Crippen molar-refractivity contribution in [3.8, 4) is 17.2 Å². The highest BCUT2D eigenvalue weighted by atomic mass is 16.5. The minimum atomic E-state index is -0.432. The van der Waals surface area contributed by atoms with Crippen LogP contribution in [0.4, 0.5) is 0 Å². The molecular weight excluding hydrogens is 296 g/mol. The SMILES string of the molecule is CCOC(=O)c1cc(OC)c(OC)c(OCc2ccccc2)c1. The van der Waals surface area contributed by atoms with Crippen molar-refractivity contribution in [3.63, 3.8) is 0 Å². The van der Waals surface area contributed by atoms with E-state index in [1.807, 2.05) is 30.3 Å². The first-order chi connectivity index (χ1) is 11.2. The Bertz CT molecular complexity index is 652. The molecule has 0 aliphatic heterocycles. The first-order valence-corrected chi connectivity index (χ1v) is 7.29. The lowest BCUT2D eigenvalue weighted by Gasteiger charge is -2.15. The maximum absolute atomic E-state index is 12.0. The predicted molar refractivity (Wildman–Crippen MR) is 86.3 cm³/mol. The fraction of sp³-hybridized carbons (Fsp3) is 0.278. The number of rotatable bonds is 7. The molecule has 0 atom stereocenters. The van der Waals surface area contributed by atoms with Crippen molar-refractivity contribution < 1.29 is 23.7 Å². The van der Waals surface area contributed by atoms with Crippen LogP contribution in [0.5, 0.6) is 17.2 Å². The number of hydrogen-bond donors (Lipinski definition) is 0. The van der Waals surface area contributed by atoms with Crippen LogP contribution in [0.1, 0.15) is 22.8 Å². The highest BCUT2D eigenvalue weighted by molar-refractivity contribution is 5.91. The predicted octanol–water partition coefficient (Wildman–Crippen LogP) is 3.46. The summed E-state index contributed by atoms with van der Waals surface area (Å²) in [5.41, 5.74) is 1.36. The standard InChI is InChI=1S/C18H20O5/c1-4-22-18(19)14-10-15(20-2)17(21-3)16(11-14)23-12-13-8-6-5-7-9-13/h5-11H,4,12H2,1-3H3. The van der Waals surface area contributed by atoms with Gasteiger partial charge in [0, 0.05) is 0 Å². The van der Waals surface area contributed by atoms with Crippen molar-refractivity contribution in [1.82, 2.24) is 0 Å². The first kappa shape index (κ1) is 16.7. The molecule has 0 radical (unpaired) electrons. The van der Waals surface area contributed by atoms with Gasteiger partial charge in [-0.25, -0.2) is 4.79 Å². The fourth-order valence-electron chi connectivity index (χ4n) is 2.10. The highest BCUT2D eigenvalue weighted by Gasteiger charge is 2.18. The second-order valence-electron chi connectivity index (χ2n) is 4.70. The van der Waals surface area contributed by atoms with Crippen LogP contribution >= 0.6 is 0 Å². The maximum Gasteiger partial charge on any atom is 0.338 e. The zero-order chi connectivity index (χ0) is 16.7. The second-order valence-corrected chi connectivity index (χ2v) is 4.70. The molecule has 23 heavy (non-hydrogen) atoms. The van der Waals surface area contributed by atoms with Crippen molar-refractivity contribution >= 4 is 5.97 Å². The molecule has 0 heterocycles. The Kier molecular flexibility index (Phi) is 5.86. The minimum absolute atomic E-state index is 0.299. The summed E-state index contributed by atoms with van der Waals surface area (Å²) in [4.78, 5) is 12.0. The Morgan fingerprint density at radius 3 is 2.30 bits per heavy atom. The molecule has 5 nitrogen and oxygen atoms in total. The van der Waals surface area contributed by atoms with E-state index in [9.17, 15) is 4.79 Å². The topological polar surface area (TPSA) is 54.0 Å². The minimum Gasteiger partial charge on any atom is -0.493 e. The van der Waals surface area contributed by atoms with E-state index in [2.05, 4.69) is 0 Å². The monoisotopic (exact) mass is 316 g/mol. The van der Waals surface area contributed by atoms with Crippen LogP contribution in [0.3, 0.4) is 0 Å². The molecule has 0 saturated carbocycles. The lowest BCUT2D eigenvalue weighted by atomic mass is 10.1. The third-order valence-corrected chi connectivity index (χ3v) is 3.19. The zero-order valence-corrected chi connectivity index (χ0v) is 13.5. The Morgan fingerprint density at radius 1 is 1.00 bits per heavy atom. The van der Waals surface area contributed by atoms with Crippen molar-refractivity contribution in [3.05, 3.63) is 53.6 Å². The summed E-state index contributed by atoms with van der Waals surface area (Å²) in [5, 5.41) is 0. The van der Waals surface area contributed by atoms with Gasteiger partial charge in [-0.3, -0.25) is 0 Å². The molecule has 2 rings (SSSR count). The average molecular weight is 316 g/mol. The lowest BCUT2D eigenvalue weighted by Crippen LogP contribution is -2.07. The number of hydrogen-bond acceptors (Lipinski definition) is 5. The molecule has 0 aliphatic carbocycles. The molecule has 0 amide bonds. The van der Waals surface area contributed by atoms with Crippen LogP contribution in [-0.4, -0.2) is 26.8 Å². The van der Waals surface area contributed by atoms with Crippen molar-refractivity contribution in [2.75, 3.05) is 20.8 Å². The summed E-state index contributed by atoms with van der Waals surface area (Å²) in [7, 11) is 3.03. The van der Waals surface area contributed by atoms with Gasteiger partial charge in [0.2, 0.25) is 5.75 Å². The van der Waals surface area contributed by atoms with Crippen LogP contribution in [0.2, 0.25) is 0 Å². The summed E-state index contributed by atoms with van der Waals surface area (Å²) in [6.07, 6.45) is 0. The van der Waals surface area contributed by atoms with E-state index in [-0.39, 0.29) is 0 Å². The fourth-order valence-corrected chi connectivity index (χ4v) is 2.10. The number of ether oxygens (including phenoxy) is 4. The van der Waals surface area contributed by atoms with E-state index >= 15 is 0 Å². The van der Waals surface area contributed by atoms with E-state index in [4.69, 9.17) is 18.9 Å². The molecule has 122 valence electrons. The number of benzene rings is 2. The van der Waals surface area contributed by atoms with Crippen LogP contribution in [0.25, 0.3) is 0 Å². The third kappa shape index (κ3) is 4.16. The van der Waals surface area contributed by atoms with E-state index in [0.29, 0.717) is 36.0 Å². The summed E-state index contributed by atoms with van der Waals surface area (Å²) in [6, 6.07) is 12.9. The molecule has 0 aliphatic rings. The largest absolute Gasteiger partial charge is 0.493 e. The first-order valence-electron chi connectivity index (χ1n) is 7.29. The third-order valence-electron chi connectivity index (χ3n) is 3.19. The van der Waals surface area contributed by atoms with Gasteiger partial charge in [-0.1, -0.05) is 30.3 Å². The van der Waals surface area contributed by atoms with Gasteiger partial charge in [0.25, 0.3) is 0 Å². The van der Waals surface area contributed by atoms with Gasteiger partial charge < -0.3 is 18.9 Å². The molecule has 5 heteroatoms. The zero-order valence-electron chi connectivity index (χ0n) is 13.5. The molecule has 0 aromatic heterocycles. The van der Waals surface area contributed by atoms with Crippen LogP contribution < -0.4 is 14.2 Å². The van der Waals surface area contributed by atoms with E-state index in [1.165, 1.54) is 14.2 Å². The van der Waals surface area contributed by atoms with Gasteiger partial charge in [0.15, 0.2) is 11.5 Å². The number of esters is 1. The van der Waals surface area contributed by atoms with Crippen molar-refractivity contribution in [2.45, 2.75) is 13.5 Å². The molecule has 2 aromatic rings. The summed E-state index contributed by atoms with van der Waals surface area (Å²) in [5.74, 6) is 0.856. The number of carbonyl (C=O) groups excluding carboxylic acids is 1. The normalized spacial score (nSPS) is 10.0. The molecule has 0 unspecified atom stereocenters. The van der Waals surface area contributed by atoms with E-state index < -0.39 is 5.97 Å². The average Bonchev–Trinajstić information content (AvgIpc) is 2.60. The van der Waals surface area contributed by atoms with Crippen LogP contribution in [0, 0.1) is 0 Å². The Morgan fingerprint density at radius 2 is 1.70 bits per heavy atom. The quantitative estimate of drug-likeness (QED) is 0.732. The van der Waals surface area contributed by atoms with Gasteiger partial charge >= 0.3 is 5.97 Å². The molecule has 0 spiro atoms. The van der Waals surface area contributed by atoms with Gasteiger partial charge in [0.05, 0.1) is 26.4 Å². The summed E-state index contributed by atoms with van der Waals surface area (Å²) < 4.78 is 21.5. The van der Waals surface area contributed by atoms with Gasteiger partial charge in [0.1, 0.15) is 6.61 Å². The Balaban J connectivity index is 2.31. The van der Waals surface area contributed by atoms with E-state index in [1.54, 1.807) is 19.1 Å². The number of carbonyl (C=O) groups is 1. The van der Waals surface area contributed by atoms with Crippen molar-refractivity contribution in [1.29, 1.82) is 0 Å². The molecule has 0 fully saturated rings. The van der Waals surface area contributed by atoms with Crippen LogP contribution in [-0.2, 0) is 11.3 Å². The highest BCUT2D eigenvalue weighted by Crippen LogP contribution is 2.39. The molecule has 0 bridgehead atoms. The molecule has 2 aromatic carbocycles. The van der Waals surface area contributed by atoms with Gasteiger partial charge in [-0.2, -0.15) is 0 Å². The van der Waals surface area contributed by atoms with E-state index in [0.717, 1.165) is 5.56 Å². The van der Waals surface area contributed by atoms with Crippen molar-refractivity contribution in [2.24, 2.45) is 0 Å². The Labute approximate surface area is 135 Å². The summed E-state index contributed by atoms with van der Waals surface area (Å²) in [6.45, 7) is 2.41. The van der Waals surface area contributed by atoms with Gasteiger partial charge in [-0.15, -0.1) is 0 Å². The number of methoxy groups -OCH3 is 2. The maximum atomic E-state index is 12.0. The molecular formula is C18H20O5. The molecule has 0 saturated heterocycles. The summed E-state index contributed by atoms with van der Waals surface area (Å²) >= 11 is 0. The Hall–Kier alpha value is -2.69. The second kappa shape index (κ2) is 8.08. The molecule has 0 N–H and O–H groups in total. The van der Waals surface area contributed by atoms with Gasteiger partial charge in [-0.05, 0) is 24.6 Å². The lowest BCUT2D eigenvalue weighted by molar-refractivity contribution is 0.0525. The smallest absolute Gasteiger partial charge is 0.338 e.